The smallest absolute Gasteiger partial charge is 0.298 e. The molecule has 2 aromatic rings. The molecule has 1 aromatic heterocycles. The normalized spacial score (nSPS) is 13.0. The van der Waals surface area contributed by atoms with E-state index in [-0.39, 0.29) is 6.04 Å². The van der Waals surface area contributed by atoms with Crippen LogP contribution in [0.4, 0.5) is 6.01 Å². The standard InChI is InChI=1S/C12H17N3O/c1-8-4-5-11-10(6-8)14-12(16-11)15(3)7-9(2)13/h4-6,9H,7,13H2,1-3H3. The number of anilines is 1. The van der Waals surface area contributed by atoms with E-state index in [2.05, 4.69) is 4.98 Å². The zero-order chi connectivity index (χ0) is 11.7. The third-order valence-corrected chi connectivity index (χ3v) is 2.42. The Bertz CT molecular complexity index is 490. The van der Waals surface area contributed by atoms with E-state index >= 15 is 0 Å². The highest BCUT2D eigenvalue weighted by Gasteiger charge is 2.11. The molecule has 1 unspecified atom stereocenters. The molecule has 1 heterocycles. The van der Waals surface area contributed by atoms with Crippen LogP contribution in [0.3, 0.4) is 0 Å². The van der Waals surface area contributed by atoms with Crippen LogP contribution in [0.5, 0.6) is 0 Å². The number of benzene rings is 1. The van der Waals surface area contributed by atoms with E-state index in [1.165, 1.54) is 5.56 Å². The summed E-state index contributed by atoms with van der Waals surface area (Å²) < 4.78 is 5.64. The predicted molar refractivity (Wildman–Crippen MR) is 65.7 cm³/mol. The highest BCUT2D eigenvalue weighted by molar-refractivity contribution is 5.75. The Morgan fingerprint density at radius 1 is 1.50 bits per heavy atom. The topological polar surface area (TPSA) is 55.3 Å². The van der Waals surface area contributed by atoms with Crippen LogP contribution in [0.15, 0.2) is 22.6 Å². The van der Waals surface area contributed by atoms with Crippen molar-refractivity contribution < 1.29 is 4.42 Å². The number of aryl methyl sites for hydroxylation is 1. The number of hydrogen-bond donors (Lipinski definition) is 1. The maximum absolute atomic E-state index is 5.74. The van der Waals surface area contributed by atoms with E-state index in [1.54, 1.807) is 0 Å². The number of aromatic nitrogens is 1. The van der Waals surface area contributed by atoms with Crippen LogP contribution in [0.2, 0.25) is 0 Å². The summed E-state index contributed by atoms with van der Waals surface area (Å²) >= 11 is 0. The Morgan fingerprint density at radius 2 is 2.25 bits per heavy atom. The third kappa shape index (κ3) is 2.17. The fourth-order valence-electron chi connectivity index (χ4n) is 1.70. The zero-order valence-electron chi connectivity index (χ0n) is 9.90. The summed E-state index contributed by atoms with van der Waals surface area (Å²) in [5.74, 6) is 0. The van der Waals surface area contributed by atoms with Crippen LogP contribution < -0.4 is 10.6 Å². The molecule has 16 heavy (non-hydrogen) atoms. The lowest BCUT2D eigenvalue weighted by Gasteiger charge is -2.16. The van der Waals surface area contributed by atoms with Crippen molar-refractivity contribution in [3.05, 3.63) is 23.8 Å². The summed E-state index contributed by atoms with van der Waals surface area (Å²) in [4.78, 5) is 6.36. The first-order chi connectivity index (χ1) is 7.56. The molecule has 0 aliphatic heterocycles. The number of nitrogens with zero attached hydrogens (tertiary/aromatic N) is 2. The van der Waals surface area contributed by atoms with Crippen molar-refractivity contribution in [2.75, 3.05) is 18.5 Å². The van der Waals surface area contributed by atoms with Gasteiger partial charge in [0, 0.05) is 19.6 Å². The van der Waals surface area contributed by atoms with E-state index in [0.717, 1.165) is 17.6 Å². The number of rotatable bonds is 3. The summed E-state index contributed by atoms with van der Waals surface area (Å²) in [5, 5.41) is 0. The molecule has 0 saturated heterocycles. The average molecular weight is 219 g/mol. The van der Waals surface area contributed by atoms with Crippen LogP contribution in [0.25, 0.3) is 11.1 Å². The Kier molecular flexibility index (Phi) is 2.83. The molecule has 0 bridgehead atoms. The van der Waals surface area contributed by atoms with Gasteiger partial charge in [0.2, 0.25) is 0 Å². The molecule has 0 radical (unpaired) electrons. The molecule has 0 spiro atoms. The van der Waals surface area contributed by atoms with Crippen LogP contribution in [0, 0.1) is 6.92 Å². The lowest BCUT2D eigenvalue weighted by atomic mass is 10.2. The zero-order valence-corrected chi connectivity index (χ0v) is 9.90. The lowest BCUT2D eigenvalue weighted by molar-refractivity contribution is 0.569. The van der Waals surface area contributed by atoms with E-state index in [1.807, 2.05) is 44.0 Å². The van der Waals surface area contributed by atoms with Gasteiger partial charge in [0.15, 0.2) is 5.58 Å². The molecule has 1 aromatic carbocycles. The van der Waals surface area contributed by atoms with Crippen molar-refractivity contribution in [3.8, 4) is 0 Å². The number of hydrogen-bond acceptors (Lipinski definition) is 4. The number of oxazole rings is 1. The van der Waals surface area contributed by atoms with E-state index in [9.17, 15) is 0 Å². The molecule has 86 valence electrons. The van der Waals surface area contributed by atoms with Crippen molar-refractivity contribution in [1.29, 1.82) is 0 Å². The van der Waals surface area contributed by atoms with Gasteiger partial charge in [-0.15, -0.1) is 0 Å². The molecule has 2 rings (SSSR count). The first-order valence-electron chi connectivity index (χ1n) is 5.40. The molecule has 4 nitrogen and oxygen atoms in total. The average Bonchev–Trinajstić information content (AvgIpc) is 2.59. The summed E-state index contributed by atoms with van der Waals surface area (Å²) in [7, 11) is 1.93. The van der Waals surface area contributed by atoms with Crippen molar-refractivity contribution in [2.45, 2.75) is 19.9 Å². The first kappa shape index (κ1) is 11.0. The van der Waals surface area contributed by atoms with Gasteiger partial charge in [0.1, 0.15) is 5.52 Å². The van der Waals surface area contributed by atoms with Gasteiger partial charge >= 0.3 is 0 Å². The van der Waals surface area contributed by atoms with Crippen LogP contribution in [-0.4, -0.2) is 24.6 Å². The van der Waals surface area contributed by atoms with Gasteiger partial charge in [-0.05, 0) is 31.5 Å². The van der Waals surface area contributed by atoms with Crippen molar-refractivity contribution in [2.24, 2.45) is 5.73 Å². The summed E-state index contributed by atoms with van der Waals surface area (Å²) in [6, 6.07) is 6.70. The number of likely N-dealkylation sites (N-methyl/N-ethyl adjacent to an activating group) is 1. The molecule has 4 heteroatoms. The minimum Gasteiger partial charge on any atom is -0.423 e. The second-order valence-corrected chi connectivity index (χ2v) is 4.33. The minimum absolute atomic E-state index is 0.0988. The summed E-state index contributed by atoms with van der Waals surface area (Å²) in [5.41, 5.74) is 8.63. The van der Waals surface area contributed by atoms with E-state index in [4.69, 9.17) is 10.2 Å². The van der Waals surface area contributed by atoms with Gasteiger partial charge in [-0.1, -0.05) is 6.07 Å². The quantitative estimate of drug-likeness (QED) is 0.856. The second-order valence-electron chi connectivity index (χ2n) is 4.33. The molecule has 0 fully saturated rings. The predicted octanol–water partition coefficient (Wildman–Crippen LogP) is 1.92. The van der Waals surface area contributed by atoms with E-state index in [0.29, 0.717) is 6.01 Å². The Hall–Kier alpha value is -1.55. The molecule has 0 aliphatic rings. The van der Waals surface area contributed by atoms with Gasteiger partial charge in [-0.2, -0.15) is 4.98 Å². The maximum Gasteiger partial charge on any atom is 0.298 e. The molecular formula is C12H17N3O. The fourth-order valence-corrected chi connectivity index (χ4v) is 1.70. The molecular weight excluding hydrogens is 202 g/mol. The van der Waals surface area contributed by atoms with Crippen molar-refractivity contribution in [3.63, 3.8) is 0 Å². The van der Waals surface area contributed by atoms with Gasteiger partial charge < -0.3 is 15.1 Å². The molecule has 1 atom stereocenters. The van der Waals surface area contributed by atoms with Crippen LogP contribution in [-0.2, 0) is 0 Å². The molecule has 0 saturated carbocycles. The summed E-state index contributed by atoms with van der Waals surface area (Å²) in [6.07, 6.45) is 0. The summed E-state index contributed by atoms with van der Waals surface area (Å²) in [6.45, 7) is 4.73. The minimum atomic E-state index is 0.0988. The third-order valence-electron chi connectivity index (χ3n) is 2.42. The monoisotopic (exact) mass is 219 g/mol. The Labute approximate surface area is 95.1 Å². The SMILES string of the molecule is Cc1ccc2oc(N(C)CC(C)N)nc2c1. The van der Waals surface area contributed by atoms with Crippen LogP contribution >= 0.6 is 0 Å². The van der Waals surface area contributed by atoms with Crippen LogP contribution in [0.1, 0.15) is 12.5 Å². The molecule has 0 aliphatic carbocycles. The fraction of sp³-hybridized carbons (Fsp3) is 0.417. The van der Waals surface area contributed by atoms with Gasteiger partial charge in [-0.3, -0.25) is 0 Å². The highest BCUT2D eigenvalue weighted by Crippen LogP contribution is 2.21. The Morgan fingerprint density at radius 3 is 2.94 bits per heavy atom. The first-order valence-corrected chi connectivity index (χ1v) is 5.40. The van der Waals surface area contributed by atoms with Gasteiger partial charge in [-0.25, -0.2) is 0 Å². The maximum atomic E-state index is 5.74. The van der Waals surface area contributed by atoms with Gasteiger partial charge in [0.25, 0.3) is 6.01 Å². The second kappa shape index (κ2) is 4.14. The number of nitrogens with two attached hydrogens (primary N) is 1. The van der Waals surface area contributed by atoms with Crippen molar-refractivity contribution >= 4 is 17.1 Å². The number of fused-ring (bicyclic) bond motifs is 1. The molecule has 2 N–H and O–H groups in total. The van der Waals surface area contributed by atoms with Crippen molar-refractivity contribution in [1.82, 2.24) is 4.98 Å². The largest absolute Gasteiger partial charge is 0.423 e. The molecule has 0 amide bonds. The van der Waals surface area contributed by atoms with E-state index < -0.39 is 0 Å². The van der Waals surface area contributed by atoms with Gasteiger partial charge in [0.05, 0.1) is 0 Å². The highest BCUT2D eigenvalue weighted by atomic mass is 16.4. The Balaban J connectivity index is 2.32. The lowest BCUT2D eigenvalue weighted by Crippen LogP contribution is -2.32.